The molecule has 1 saturated carbocycles. The maximum Gasteiger partial charge on any atom is 0.455 e. The van der Waals surface area contributed by atoms with Crippen LogP contribution in [0.5, 0.6) is 0 Å². The van der Waals surface area contributed by atoms with E-state index in [4.69, 9.17) is 4.74 Å². The number of carbonyl (C=O) groups excluding carboxylic acids is 1. The molecule has 0 atom stereocenters. The lowest BCUT2D eigenvalue weighted by molar-refractivity contribution is -0.149. The van der Waals surface area contributed by atoms with Gasteiger partial charge in [-0.15, -0.1) is 0 Å². The number of hydrogen-bond donors (Lipinski definition) is 0. The molecule has 0 spiro atoms. The third kappa shape index (κ3) is 6.46. The molecule has 0 aromatic heterocycles. The quantitative estimate of drug-likeness (QED) is 0.441. The van der Waals surface area contributed by atoms with Crippen molar-refractivity contribution in [3.63, 3.8) is 0 Å². The van der Waals surface area contributed by atoms with Gasteiger partial charge < -0.3 is 14.4 Å². The van der Waals surface area contributed by atoms with Crippen molar-refractivity contribution in [2.75, 3.05) is 13.2 Å². The van der Waals surface area contributed by atoms with Crippen LogP contribution >= 0.6 is 11.9 Å². The fraction of sp³-hybridized carbons (Fsp3) is 0.900. The number of alkyl halides is 3. The molecular formula is C10H15F3NO3S-. The molecule has 8 heteroatoms. The van der Waals surface area contributed by atoms with Crippen LogP contribution in [0.2, 0.25) is 0 Å². The Hall–Kier alpha value is -0.470. The van der Waals surface area contributed by atoms with Gasteiger partial charge in [0.1, 0.15) is 6.61 Å². The topological polar surface area (TPSA) is 52.6 Å². The third-order valence-corrected chi connectivity index (χ3v) is 3.26. The molecule has 18 heavy (non-hydrogen) atoms. The first-order valence-electron chi connectivity index (χ1n) is 5.75. The number of esters is 1. The van der Waals surface area contributed by atoms with E-state index >= 15 is 0 Å². The fourth-order valence-corrected chi connectivity index (χ4v) is 2.23. The van der Waals surface area contributed by atoms with E-state index in [0.29, 0.717) is 0 Å². The maximum atomic E-state index is 11.8. The Balaban J connectivity index is 2.14. The summed E-state index contributed by atoms with van der Waals surface area (Å²) in [4.78, 5) is 11.5. The van der Waals surface area contributed by atoms with Crippen LogP contribution in [0.25, 0.3) is 0 Å². The van der Waals surface area contributed by atoms with Gasteiger partial charge in [-0.3, -0.25) is 4.79 Å². The lowest BCUT2D eigenvalue weighted by Crippen LogP contribution is -2.25. The summed E-state index contributed by atoms with van der Waals surface area (Å²) in [7, 11) is 0. The predicted octanol–water partition coefficient (Wildman–Crippen LogP) is 3.08. The molecule has 0 bridgehead atoms. The predicted molar refractivity (Wildman–Crippen MR) is 61.3 cm³/mol. The van der Waals surface area contributed by atoms with Gasteiger partial charge in [0.25, 0.3) is 0 Å². The molecule has 1 aliphatic rings. The van der Waals surface area contributed by atoms with Gasteiger partial charge in [-0.05, 0) is 12.8 Å². The SMILES string of the molecule is O=C(OCCN([O-])SC(F)(F)F)C1CCCCC1. The standard InChI is InChI=1S/C10H15F3NO3S/c11-10(12,13)18-14(16)6-7-17-9(15)8-4-2-1-3-5-8/h8H,1-7H2/q-1. The Morgan fingerprint density at radius 2 is 1.94 bits per heavy atom. The largest absolute Gasteiger partial charge is 0.775 e. The van der Waals surface area contributed by atoms with Crippen molar-refractivity contribution in [2.45, 2.75) is 37.6 Å². The molecule has 0 saturated heterocycles. The van der Waals surface area contributed by atoms with Gasteiger partial charge in [0.15, 0.2) is 0 Å². The van der Waals surface area contributed by atoms with Gasteiger partial charge in [0.05, 0.1) is 5.92 Å². The lowest BCUT2D eigenvalue weighted by atomic mass is 9.89. The van der Waals surface area contributed by atoms with Gasteiger partial charge in [-0.25, -0.2) is 0 Å². The minimum absolute atomic E-state index is 0.158. The van der Waals surface area contributed by atoms with E-state index in [1.165, 1.54) is 0 Å². The van der Waals surface area contributed by atoms with Gasteiger partial charge in [-0.2, -0.15) is 13.2 Å². The lowest BCUT2D eigenvalue weighted by Gasteiger charge is -2.27. The first-order valence-corrected chi connectivity index (χ1v) is 6.53. The van der Waals surface area contributed by atoms with E-state index < -0.39 is 30.0 Å². The molecule has 1 aliphatic carbocycles. The fourth-order valence-electron chi connectivity index (χ4n) is 1.84. The summed E-state index contributed by atoms with van der Waals surface area (Å²) in [6.45, 7) is -0.787. The molecule has 0 aromatic rings. The average molecular weight is 286 g/mol. The summed E-state index contributed by atoms with van der Waals surface area (Å²) in [6, 6.07) is 0. The number of ether oxygens (including phenoxy) is 1. The molecule has 0 heterocycles. The van der Waals surface area contributed by atoms with E-state index in [1.807, 2.05) is 0 Å². The molecule has 0 N–H and O–H groups in total. The van der Waals surface area contributed by atoms with E-state index in [9.17, 15) is 23.2 Å². The third-order valence-electron chi connectivity index (χ3n) is 2.66. The van der Waals surface area contributed by atoms with E-state index in [2.05, 4.69) is 0 Å². The zero-order valence-electron chi connectivity index (χ0n) is 9.74. The Morgan fingerprint density at radius 3 is 2.50 bits per heavy atom. The second kappa shape index (κ2) is 7.20. The van der Waals surface area contributed by atoms with Crippen LogP contribution in [0, 0.1) is 11.1 Å². The van der Waals surface area contributed by atoms with Crippen molar-refractivity contribution in [2.24, 2.45) is 5.92 Å². The number of rotatable bonds is 5. The molecule has 0 amide bonds. The zero-order chi connectivity index (χ0) is 13.6. The van der Waals surface area contributed by atoms with E-state index in [-0.39, 0.29) is 17.0 Å². The smallest absolute Gasteiger partial charge is 0.455 e. The highest BCUT2D eigenvalue weighted by Gasteiger charge is 2.29. The maximum absolute atomic E-state index is 11.8. The van der Waals surface area contributed by atoms with Crippen molar-refractivity contribution in [3.05, 3.63) is 5.21 Å². The van der Waals surface area contributed by atoms with Gasteiger partial charge >= 0.3 is 11.5 Å². The van der Waals surface area contributed by atoms with Crippen LogP contribution in [0.15, 0.2) is 0 Å². The molecule has 0 radical (unpaired) electrons. The molecule has 1 fully saturated rings. The van der Waals surface area contributed by atoms with Crippen LogP contribution in [0.4, 0.5) is 13.2 Å². The highest BCUT2D eigenvalue weighted by molar-refractivity contribution is 7.97. The molecular weight excluding hydrogens is 271 g/mol. The molecule has 0 unspecified atom stereocenters. The summed E-state index contributed by atoms with van der Waals surface area (Å²) in [5.41, 5.74) is -4.60. The number of nitrogens with zero attached hydrogens (tertiary/aromatic N) is 1. The second-order valence-electron chi connectivity index (χ2n) is 4.10. The Labute approximate surface area is 108 Å². The summed E-state index contributed by atoms with van der Waals surface area (Å²) < 4.78 is 40.0. The van der Waals surface area contributed by atoms with Crippen LogP contribution in [0.1, 0.15) is 32.1 Å². The zero-order valence-corrected chi connectivity index (χ0v) is 10.6. The van der Waals surface area contributed by atoms with Crippen LogP contribution < -0.4 is 0 Å². The van der Waals surface area contributed by atoms with Crippen molar-refractivity contribution >= 4 is 17.9 Å². The summed E-state index contributed by atoms with van der Waals surface area (Å²) >= 11 is -0.770. The molecule has 0 aliphatic heterocycles. The first kappa shape index (κ1) is 15.6. The second-order valence-corrected chi connectivity index (χ2v) is 5.15. The van der Waals surface area contributed by atoms with Crippen LogP contribution in [-0.4, -0.2) is 29.1 Å². The van der Waals surface area contributed by atoms with Crippen molar-refractivity contribution in [3.8, 4) is 0 Å². The summed E-state index contributed by atoms with van der Waals surface area (Å²) in [5, 5.41) is 10.8. The monoisotopic (exact) mass is 286 g/mol. The minimum Gasteiger partial charge on any atom is -0.775 e. The normalized spacial score (nSPS) is 18.1. The van der Waals surface area contributed by atoms with Crippen molar-refractivity contribution in [1.29, 1.82) is 0 Å². The minimum atomic E-state index is -4.60. The first-order chi connectivity index (χ1) is 8.38. The Morgan fingerprint density at radius 1 is 1.33 bits per heavy atom. The van der Waals surface area contributed by atoms with E-state index in [0.717, 1.165) is 32.1 Å². The van der Waals surface area contributed by atoms with Crippen molar-refractivity contribution < 1.29 is 22.7 Å². The number of hydroxylamine groups is 1. The molecule has 1 rings (SSSR count). The molecule has 4 nitrogen and oxygen atoms in total. The van der Waals surface area contributed by atoms with Gasteiger partial charge in [0, 0.05) is 18.5 Å². The van der Waals surface area contributed by atoms with Gasteiger partial charge in [0.2, 0.25) is 0 Å². The Kier molecular flexibility index (Phi) is 6.24. The summed E-state index contributed by atoms with van der Waals surface area (Å²) in [5.74, 6) is -0.561. The number of halogens is 3. The molecule has 0 aromatic carbocycles. The van der Waals surface area contributed by atoms with Gasteiger partial charge in [-0.1, -0.05) is 19.3 Å². The van der Waals surface area contributed by atoms with Crippen LogP contribution in [-0.2, 0) is 9.53 Å². The van der Waals surface area contributed by atoms with Crippen LogP contribution in [0.3, 0.4) is 0 Å². The Bertz CT molecular complexity index is 270. The molecule has 106 valence electrons. The highest BCUT2D eigenvalue weighted by Crippen LogP contribution is 2.32. The number of carbonyl (C=O) groups is 1. The van der Waals surface area contributed by atoms with E-state index in [1.54, 1.807) is 0 Å². The van der Waals surface area contributed by atoms with Crippen molar-refractivity contribution in [1.82, 2.24) is 4.47 Å². The highest BCUT2D eigenvalue weighted by atomic mass is 32.2. The average Bonchev–Trinajstić information content (AvgIpc) is 2.27. The summed E-state index contributed by atoms with van der Waals surface area (Å²) in [6.07, 6.45) is 4.56. The number of hydrogen-bond acceptors (Lipinski definition) is 5.